The molecule has 2 saturated heterocycles. The smallest absolute Gasteiger partial charge is 0.217 e. The molecule has 2 aliphatic heterocycles. The largest absolute Gasteiger partial charge is 0.468 e. The molecule has 0 spiro atoms. The van der Waals surface area contributed by atoms with Crippen molar-refractivity contribution >= 4 is 10.0 Å². The Kier molecular flexibility index (Phi) is 3.99. The van der Waals surface area contributed by atoms with Crippen LogP contribution in [-0.2, 0) is 21.3 Å². The zero-order chi connectivity index (χ0) is 16.0. The van der Waals surface area contributed by atoms with E-state index in [0.29, 0.717) is 6.54 Å². The second-order valence-electron chi connectivity index (χ2n) is 6.92. The van der Waals surface area contributed by atoms with Gasteiger partial charge in [-0.1, -0.05) is 0 Å². The lowest BCUT2D eigenvalue weighted by molar-refractivity contribution is 0.00219. The lowest BCUT2D eigenvalue weighted by Crippen LogP contribution is -2.54. The molecule has 3 heterocycles. The van der Waals surface area contributed by atoms with E-state index in [1.165, 1.54) is 0 Å². The first-order chi connectivity index (χ1) is 11.1. The highest BCUT2D eigenvalue weighted by Gasteiger charge is 2.51. The van der Waals surface area contributed by atoms with Gasteiger partial charge in [-0.15, -0.1) is 0 Å². The number of nitrogens with zero attached hydrogens (tertiary/aromatic N) is 2. The highest BCUT2D eigenvalue weighted by molar-refractivity contribution is 7.90. The molecule has 0 amide bonds. The number of likely N-dealkylation sites (tertiary alicyclic amines) is 1. The Bertz CT molecular complexity index is 641. The second kappa shape index (κ2) is 5.88. The van der Waals surface area contributed by atoms with Crippen molar-refractivity contribution in [1.82, 2.24) is 9.21 Å². The predicted octanol–water partition coefficient (Wildman–Crippen LogP) is 1.29. The Morgan fingerprint density at radius 2 is 2.13 bits per heavy atom. The lowest BCUT2D eigenvalue weighted by atomic mass is 9.91. The molecule has 1 saturated carbocycles. The first-order valence-electron chi connectivity index (χ1n) is 8.38. The van der Waals surface area contributed by atoms with Crippen LogP contribution in [0.3, 0.4) is 0 Å². The van der Waals surface area contributed by atoms with Crippen LogP contribution in [0.2, 0.25) is 0 Å². The van der Waals surface area contributed by atoms with Gasteiger partial charge >= 0.3 is 0 Å². The molecule has 6 nitrogen and oxygen atoms in total. The van der Waals surface area contributed by atoms with Crippen molar-refractivity contribution < 1.29 is 17.6 Å². The van der Waals surface area contributed by atoms with Gasteiger partial charge in [-0.25, -0.2) is 8.42 Å². The summed E-state index contributed by atoms with van der Waals surface area (Å²) in [6.07, 6.45) is 4.26. The Morgan fingerprint density at radius 1 is 1.30 bits per heavy atom. The normalized spacial score (nSPS) is 33.0. The molecular formula is C16H24N2O4S. The third kappa shape index (κ3) is 2.84. The molecule has 4 rings (SSSR count). The topological polar surface area (TPSA) is 63.0 Å². The monoisotopic (exact) mass is 340 g/mol. The summed E-state index contributed by atoms with van der Waals surface area (Å²) in [5.41, 5.74) is 0. The fourth-order valence-corrected chi connectivity index (χ4v) is 6.19. The minimum absolute atomic E-state index is 0.0364. The minimum Gasteiger partial charge on any atom is -0.468 e. The molecule has 7 heteroatoms. The van der Waals surface area contributed by atoms with Crippen molar-refractivity contribution in [2.45, 2.75) is 43.2 Å². The Hall–Kier alpha value is -0.890. The molecule has 23 heavy (non-hydrogen) atoms. The van der Waals surface area contributed by atoms with Gasteiger partial charge in [0.1, 0.15) is 5.76 Å². The van der Waals surface area contributed by atoms with Gasteiger partial charge in [0.15, 0.2) is 0 Å². The quantitative estimate of drug-likeness (QED) is 0.808. The van der Waals surface area contributed by atoms with E-state index in [0.717, 1.165) is 44.7 Å². The summed E-state index contributed by atoms with van der Waals surface area (Å²) < 4.78 is 38.4. The molecule has 128 valence electrons. The third-order valence-corrected chi connectivity index (χ3v) is 7.85. The number of hydrogen-bond donors (Lipinski definition) is 0. The van der Waals surface area contributed by atoms with Gasteiger partial charge in [0.25, 0.3) is 0 Å². The van der Waals surface area contributed by atoms with Crippen molar-refractivity contribution in [2.75, 3.05) is 26.7 Å². The fourth-order valence-electron chi connectivity index (χ4n) is 4.12. The van der Waals surface area contributed by atoms with Gasteiger partial charge < -0.3 is 9.15 Å². The molecule has 0 bridgehead atoms. The number of piperidine rings is 1. The van der Waals surface area contributed by atoms with Crippen LogP contribution in [-0.4, -0.2) is 61.8 Å². The van der Waals surface area contributed by atoms with Gasteiger partial charge in [-0.2, -0.15) is 4.31 Å². The Balaban J connectivity index is 1.54. The van der Waals surface area contributed by atoms with Crippen LogP contribution in [0, 0.1) is 5.92 Å². The number of sulfonamides is 1. The molecular weight excluding hydrogens is 316 g/mol. The maximum absolute atomic E-state index is 12.8. The Labute approximate surface area is 137 Å². The van der Waals surface area contributed by atoms with Gasteiger partial charge in [-0.05, 0) is 31.4 Å². The first-order valence-corrected chi connectivity index (χ1v) is 9.88. The number of fused-ring (bicyclic) bond motifs is 1. The highest BCUT2D eigenvalue weighted by Crippen LogP contribution is 2.39. The number of rotatable bonds is 5. The average Bonchev–Trinajstić information content (AvgIpc) is 3.14. The van der Waals surface area contributed by atoms with Crippen molar-refractivity contribution in [3.63, 3.8) is 0 Å². The van der Waals surface area contributed by atoms with E-state index in [1.54, 1.807) is 17.7 Å². The molecule has 1 aromatic heterocycles. The van der Waals surface area contributed by atoms with Gasteiger partial charge in [0.05, 0.1) is 24.2 Å². The molecule has 1 aromatic rings. The predicted molar refractivity (Wildman–Crippen MR) is 85.3 cm³/mol. The Morgan fingerprint density at radius 3 is 2.78 bits per heavy atom. The van der Waals surface area contributed by atoms with E-state index in [4.69, 9.17) is 9.15 Å². The number of furan rings is 1. The van der Waals surface area contributed by atoms with E-state index in [9.17, 15) is 8.42 Å². The van der Waals surface area contributed by atoms with Crippen LogP contribution in [0.5, 0.6) is 0 Å². The van der Waals surface area contributed by atoms with E-state index >= 15 is 0 Å². The van der Waals surface area contributed by atoms with E-state index in [-0.39, 0.29) is 23.3 Å². The third-order valence-electron chi connectivity index (χ3n) is 5.42. The van der Waals surface area contributed by atoms with Crippen LogP contribution in [0.15, 0.2) is 22.8 Å². The maximum atomic E-state index is 12.8. The summed E-state index contributed by atoms with van der Waals surface area (Å²) in [5.74, 6) is 1.17. The molecule has 3 fully saturated rings. The SMILES string of the molecule is CO[C@H]1CCN(S(=O)(=O)C2CC2)[C@@H]2CN(Cc3ccco3)C[C@H]12. The minimum atomic E-state index is -3.13. The zero-order valence-corrected chi connectivity index (χ0v) is 14.2. The molecule has 3 aliphatic rings. The van der Waals surface area contributed by atoms with Crippen LogP contribution in [0.25, 0.3) is 0 Å². The van der Waals surface area contributed by atoms with Crippen LogP contribution >= 0.6 is 0 Å². The van der Waals surface area contributed by atoms with E-state index in [2.05, 4.69) is 4.90 Å². The summed E-state index contributed by atoms with van der Waals surface area (Å²) in [4.78, 5) is 2.29. The summed E-state index contributed by atoms with van der Waals surface area (Å²) >= 11 is 0. The summed E-state index contributed by atoms with van der Waals surface area (Å²) in [6, 6.07) is 3.89. The second-order valence-corrected chi connectivity index (χ2v) is 9.09. The molecule has 1 aliphatic carbocycles. The zero-order valence-electron chi connectivity index (χ0n) is 13.4. The van der Waals surface area contributed by atoms with E-state index < -0.39 is 10.0 Å². The summed E-state index contributed by atoms with van der Waals surface area (Å²) in [7, 11) is -1.39. The number of hydrogen-bond acceptors (Lipinski definition) is 5. The van der Waals surface area contributed by atoms with Crippen molar-refractivity contribution in [2.24, 2.45) is 5.92 Å². The van der Waals surface area contributed by atoms with Crippen molar-refractivity contribution in [3.05, 3.63) is 24.2 Å². The van der Waals surface area contributed by atoms with Crippen LogP contribution in [0.1, 0.15) is 25.0 Å². The van der Waals surface area contributed by atoms with Gasteiger partial charge in [0, 0.05) is 38.7 Å². The fraction of sp³-hybridized carbons (Fsp3) is 0.750. The average molecular weight is 340 g/mol. The lowest BCUT2D eigenvalue weighted by Gasteiger charge is -2.40. The molecule has 0 aromatic carbocycles. The molecule has 0 N–H and O–H groups in total. The number of methoxy groups -OCH3 is 1. The molecule has 0 unspecified atom stereocenters. The standard InChI is InChI=1S/C16H24N2O4S/c1-21-16-6-7-18(23(19,20)13-4-5-13)15-11-17(10-14(15)16)9-12-3-2-8-22-12/h2-3,8,13-16H,4-7,9-11H2,1H3/t14-,15+,16-/m0/s1. The van der Waals surface area contributed by atoms with Crippen LogP contribution in [0.4, 0.5) is 0 Å². The maximum Gasteiger partial charge on any atom is 0.217 e. The van der Waals surface area contributed by atoms with Gasteiger partial charge in [0.2, 0.25) is 10.0 Å². The molecule has 3 atom stereocenters. The summed E-state index contributed by atoms with van der Waals surface area (Å²) in [6.45, 7) is 2.94. The summed E-state index contributed by atoms with van der Waals surface area (Å²) in [5, 5.41) is -0.138. The van der Waals surface area contributed by atoms with Crippen LogP contribution < -0.4 is 0 Å². The van der Waals surface area contributed by atoms with Crippen molar-refractivity contribution in [3.8, 4) is 0 Å². The van der Waals surface area contributed by atoms with Crippen molar-refractivity contribution in [1.29, 1.82) is 0 Å². The molecule has 0 radical (unpaired) electrons. The van der Waals surface area contributed by atoms with Gasteiger partial charge in [-0.3, -0.25) is 4.90 Å². The number of ether oxygens (including phenoxy) is 1. The first kappa shape index (κ1) is 15.6. The van der Waals surface area contributed by atoms with E-state index in [1.807, 2.05) is 12.1 Å². The highest BCUT2D eigenvalue weighted by atomic mass is 32.2.